The Bertz CT molecular complexity index is 688. The molecule has 1 aromatic carbocycles. The third-order valence-electron chi connectivity index (χ3n) is 3.98. The van der Waals surface area contributed by atoms with Gasteiger partial charge in [-0.2, -0.15) is 5.26 Å². The Hall–Kier alpha value is -1.90. The Balaban J connectivity index is 1.86. The maximum Gasteiger partial charge on any atom is 0.138 e. The van der Waals surface area contributed by atoms with Crippen LogP contribution in [-0.4, -0.2) is 34.6 Å². The number of aromatic nitrogens is 1. The van der Waals surface area contributed by atoms with E-state index in [4.69, 9.17) is 0 Å². The van der Waals surface area contributed by atoms with Gasteiger partial charge >= 0.3 is 0 Å². The van der Waals surface area contributed by atoms with Crippen molar-refractivity contribution in [1.29, 1.82) is 5.26 Å². The van der Waals surface area contributed by atoms with Crippen molar-refractivity contribution in [2.75, 3.05) is 19.6 Å². The van der Waals surface area contributed by atoms with Gasteiger partial charge in [0.1, 0.15) is 22.4 Å². The van der Waals surface area contributed by atoms with Crippen molar-refractivity contribution in [1.82, 2.24) is 9.88 Å². The van der Waals surface area contributed by atoms with Gasteiger partial charge in [-0.25, -0.2) is 4.98 Å². The number of thiazole rings is 1. The summed E-state index contributed by atoms with van der Waals surface area (Å²) in [7, 11) is 0. The SMILES string of the molecule is N#CC(=C(O)CN1CCCCCC1)c1nc2ccccc2s1. The molecule has 5 heteroatoms. The van der Waals surface area contributed by atoms with Crippen LogP contribution in [0.5, 0.6) is 0 Å². The number of hydrogen-bond donors (Lipinski definition) is 1. The van der Waals surface area contributed by atoms with Gasteiger partial charge in [0.2, 0.25) is 0 Å². The highest BCUT2D eigenvalue weighted by Gasteiger charge is 2.17. The average molecular weight is 313 g/mol. The van der Waals surface area contributed by atoms with Crippen molar-refractivity contribution in [2.24, 2.45) is 0 Å². The van der Waals surface area contributed by atoms with Gasteiger partial charge in [0.15, 0.2) is 0 Å². The zero-order valence-electron chi connectivity index (χ0n) is 12.5. The summed E-state index contributed by atoms with van der Waals surface area (Å²) in [5, 5.41) is 20.5. The zero-order valence-corrected chi connectivity index (χ0v) is 13.3. The van der Waals surface area contributed by atoms with Gasteiger partial charge in [0.25, 0.3) is 0 Å². The Morgan fingerprint density at radius 3 is 2.64 bits per heavy atom. The molecule has 0 bridgehead atoms. The quantitative estimate of drug-likeness (QED) is 0.688. The first kappa shape index (κ1) is 15.0. The molecule has 0 spiro atoms. The fourth-order valence-electron chi connectivity index (χ4n) is 2.80. The molecule has 114 valence electrons. The molecule has 0 radical (unpaired) electrons. The van der Waals surface area contributed by atoms with Crippen LogP contribution in [0.4, 0.5) is 0 Å². The molecule has 0 atom stereocenters. The van der Waals surface area contributed by atoms with Crippen LogP contribution in [0.25, 0.3) is 15.8 Å². The van der Waals surface area contributed by atoms with Crippen molar-refractivity contribution in [3.05, 3.63) is 35.0 Å². The molecule has 1 aromatic heterocycles. The van der Waals surface area contributed by atoms with Crippen LogP contribution >= 0.6 is 11.3 Å². The second-order valence-electron chi connectivity index (χ2n) is 5.61. The molecule has 0 aliphatic carbocycles. The van der Waals surface area contributed by atoms with E-state index in [1.165, 1.54) is 24.2 Å². The molecule has 0 amide bonds. The van der Waals surface area contributed by atoms with Crippen LogP contribution in [0.15, 0.2) is 30.0 Å². The molecule has 4 nitrogen and oxygen atoms in total. The number of fused-ring (bicyclic) bond motifs is 1. The summed E-state index contributed by atoms with van der Waals surface area (Å²) in [4.78, 5) is 6.71. The summed E-state index contributed by atoms with van der Waals surface area (Å²) >= 11 is 1.45. The molecule has 3 rings (SSSR count). The lowest BCUT2D eigenvalue weighted by Crippen LogP contribution is -2.27. The first-order valence-corrected chi connectivity index (χ1v) is 8.50. The summed E-state index contributed by atoms with van der Waals surface area (Å²) < 4.78 is 1.04. The van der Waals surface area contributed by atoms with Crippen molar-refractivity contribution in [2.45, 2.75) is 25.7 Å². The number of para-hydroxylation sites is 1. The molecule has 2 aromatic rings. The van der Waals surface area contributed by atoms with Crippen molar-refractivity contribution in [3.8, 4) is 6.07 Å². The largest absolute Gasteiger partial charge is 0.509 e. The number of nitriles is 1. The van der Waals surface area contributed by atoms with E-state index < -0.39 is 0 Å². The second kappa shape index (κ2) is 6.91. The number of likely N-dealkylation sites (tertiary alicyclic amines) is 1. The summed E-state index contributed by atoms with van der Waals surface area (Å²) in [6, 6.07) is 9.93. The summed E-state index contributed by atoms with van der Waals surface area (Å²) in [6.45, 7) is 2.42. The van der Waals surface area contributed by atoms with Crippen LogP contribution in [0, 0.1) is 11.3 Å². The van der Waals surface area contributed by atoms with E-state index in [0.717, 1.165) is 36.1 Å². The minimum absolute atomic E-state index is 0.142. The van der Waals surface area contributed by atoms with E-state index in [1.54, 1.807) is 0 Å². The number of rotatable bonds is 3. The van der Waals surface area contributed by atoms with Crippen LogP contribution < -0.4 is 0 Å². The van der Waals surface area contributed by atoms with Gasteiger partial charge in [-0.15, -0.1) is 11.3 Å². The minimum atomic E-state index is 0.142. The summed E-state index contributed by atoms with van der Waals surface area (Å²) in [5.41, 5.74) is 1.18. The standard InChI is InChI=1S/C17H19N3OS/c18-11-13(15(21)12-20-9-5-1-2-6-10-20)17-19-14-7-3-4-8-16(14)22-17/h3-4,7-8,21H,1-2,5-6,9-10,12H2. The molecular weight excluding hydrogens is 294 g/mol. The van der Waals surface area contributed by atoms with Crippen molar-refractivity contribution >= 4 is 27.1 Å². The lowest BCUT2D eigenvalue weighted by molar-refractivity contribution is 0.258. The van der Waals surface area contributed by atoms with E-state index in [2.05, 4.69) is 16.0 Å². The number of allylic oxidation sites excluding steroid dienone is 1. The van der Waals surface area contributed by atoms with Crippen LogP contribution in [0.1, 0.15) is 30.7 Å². The number of aliphatic hydroxyl groups is 1. The van der Waals surface area contributed by atoms with E-state index >= 15 is 0 Å². The first-order chi connectivity index (χ1) is 10.8. The molecule has 1 N–H and O–H groups in total. The molecule has 1 fully saturated rings. The smallest absolute Gasteiger partial charge is 0.138 e. The lowest BCUT2D eigenvalue weighted by Gasteiger charge is -2.19. The normalized spacial score (nSPS) is 17.8. The fraction of sp³-hybridized carbons (Fsp3) is 0.412. The monoisotopic (exact) mass is 313 g/mol. The fourth-order valence-corrected chi connectivity index (χ4v) is 3.78. The van der Waals surface area contributed by atoms with E-state index in [0.29, 0.717) is 17.1 Å². The van der Waals surface area contributed by atoms with E-state index in [1.807, 2.05) is 24.3 Å². The second-order valence-corrected chi connectivity index (χ2v) is 6.64. The molecule has 0 unspecified atom stereocenters. The van der Waals surface area contributed by atoms with E-state index in [-0.39, 0.29) is 5.76 Å². The summed E-state index contributed by atoms with van der Waals surface area (Å²) in [5.74, 6) is 0.142. The number of aliphatic hydroxyl groups excluding tert-OH is 1. The third-order valence-corrected chi connectivity index (χ3v) is 5.03. The molecular formula is C17H19N3OS. The Labute approximate surface area is 134 Å². The number of nitrogens with zero attached hydrogens (tertiary/aromatic N) is 3. The predicted molar refractivity (Wildman–Crippen MR) is 89.7 cm³/mol. The Morgan fingerprint density at radius 2 is 1.95 bits per heavy atom. The van der Waals surface area contributed by atoms with Gasteiger partial charge in [-0.3, -0.25) is 4.90 Å². The highest BCUT2D eigenvalue weighted by Crippen LogP contribution is 2.28. The van der Waals surface area contributed by atoms with Crippen LogP contribution in [-0.2, 0) is 0 Å². The number of hydrogen-bond acceptors (Lipinski definition) is 5. The molecule has 0 saturated carbocycles. The molecule has 2 heterocycles. The lowest BCUT2D eigenvalue weighted by atomic mass is 10.2. The third kappa shape index (κ3) is 3.29. The highest BCUT2D eigenvalue weighted by molar-refractivity contribution is 7.19. The zero-order chi connectivity index (χ0) is 15.4. The van der Waals surface area contributed by atoms with Crippen molar-refractivity contribution < 1.29 is 5.11 Å². The molecule has 1 aliphatic rings. The summed E-state index contributed by atoms with van der Waals surface area (Å²) in [6.07, 6.45) is 4.83. The molecule has 1 aliphatic heterocycles. The topological polar surface area (TPSA) is 60.1 Å². The van der Waals surface area contributed by atoms with Crippen molar-refractivity contribution in [3.63, 3.8) is 0 Å². The first-order valence-electron chi connectivity index (χ1n) is 7.68. The molecule has 22 heavy (non-hydrogen) atoms. The van der Waals surface area contributed by atoms with Crippen LogP contribution in [0.3, 0.4) is 0 Å². The van der Waals surface area contributed by atoms with Gasteiger partial charge < -0.3 is 5.11 Å². The van der Waals surface area contributed by atoms with Gasteiger partial charge in [-0.1, -0.05) is 25.0 Å². The number of benzene rings is 1. The van der Waals surface area contributed by atoms with Gasteiger partial charge in [0, 0.05) is 0 Å². The van der Waals surface area contributed by atoms with E-state index in [9.17, 15) is 10.4 Å². The minimum Gasteiger partial charge on any atom is -0.509 e. The van der Waals surface area contributed by atoms with Crippen LogP contribution in [0.2, 0.25) is 0 Å². The Morgan fingerprint density at radius 1 is 1.23 bits per heavy atom. The Kier molecular flexibility index (Phi) is 4.71. The van der Waals surface area contributed by atoms with Gasteiger partial charge in [0.05, 0.1) is 16.8 Å². The maximum absolute atomic E-state index is 10.4. The predicted octanol–water partition coefficient (Wildman–Crippen LogP) is 3.96. The molecule has 1 saturated heterocycles. The maximum atomic E-state index is 10.4. The average Bonchev–Trinajstić information content (AvgIpc) is 2.77. The highest BCUT2D eigenvalue weighted by atomic mass is 32.1. The van der Waals surface area contributed by atoms with Gasteiger partial charge in [-0.05, 0) is 38.1 Å².